The number of rotatable bonds is 6. The largest absolute Gasteiger partial charge is 0.388 e. The van der Waals surface area contributed by atoms with Crippen molar-refractivity contribution in [3.63, 3.8) is 0 Å². The van der Waals surface area contributed by atoms with Crippen molar-refractivity contribution in [2.75, 3.05) is 0 Å². The van der Waals surface area contributed by atoms with Crippen LogP contribution in [0, 0.1) is 0 Å². The van der Waals surface area contributed by atoms with Crippen LogP contribution in [0.25, 0.3) is 11.0 Å². The molecule has 0 radical (unpaired) electrons. The fourth-order valence-electron chi connectivity index (χ4n) is 2.19. The van der Waals surface area contributed by atoms with Gasteiger partial charge in [0.05, 0.1) is 17.1 Å². The molecule has 18 heavy (non-hydrogen) atoms. The molecular weight excluding hydrogens is 228 g/mol. The Morgan fingerprint density at radius 1 is 1.17 bits per heavy atom. The van der Waals surface area contributed by atoms with Crippen molar-refractivity contribution in [2.24, 2.45) is 0 Å². The molecule has 2 aromatic rings. The molecule has 4 heteroatoms. The molecule has 1 atom stereocenters. The lowest BCUT2D eigenvalue weighted by Crippen LogP contribution is -1.99. The Morgan fingerprint density at radius 3 is 2.72 bits per heavy atom. The highest BCUT2D eigenvalue weighted by atomic mass is 16.3. The van der Waals surface area contributed by atoms with Gasteiger partial charge < -0.3 is 15.1 Å². The lowest BCUT2D eigenvalue weighted by Gasteiger charge is -2.10. The van der Waals surface area contributed by atoms with Crippen LogP contribution in [-0.2, 0) is 0 Å². The molecule has 0 fully saturated rings. The second-order valence-electron chi connectivity index (χ2n) is 4.75. The van der Waals surface area contributed by atoms with E-state index in [0.717, 1.165) is 35.9 Å². The van der Waals surface area contributed by atoms with Gasteiger partial charge in [0.1, 0.15) is 0 Å². The maximum atomic E-state index is 11.1. The van der Waals surface area contributed by atoms with Gasteiger partial charge in [-0.05, 0) is 24.1 Å². The molecule has 3 N–H and O–H groups in total. The van der Waals surface area contributed by atoms with E-state index in [2.05, 4.69) is 16.9 Å². The summed E-state index contributed by atoms with van der Waals surface area (Å²) in [5.41, 5.74) is 2.20. The second-order valence-corrected chi connectivity index (χ2v) is 4.75. The van der Waals surface area contributed by atoms with Crippen LogP contribution in [0.4, 0.5) is 0 Å². The van der Waals surface area contributed by atoms with E-state index in [4.69, 9.17) is 0 Å². The lowest BCUT2D eigenvalue weighted by molar-refractivity contribution is 0.163. The summed E-state index contributed by atoms with van der Waals surface area (Å²) >= 11 is 0. The van der Waals surface area contributed by atoms with Crippen LogP contribution in [0.3, 0.4) is 0 Å². The molecule has 0 spiro atoms. The number of fused-ring (bicyclic) bond motifs is 1. The predicted molar refractivity (Wildman–Crippen MR) is 72.6 cm³/mol. The van der Waals surface area contributed by atoms with Gasteiger partial charge in [0, 0.05) is 0 Å². The van der Waals surface area contributed by atoms with Crippen LogP contribution < -0.4 is 5.69 Å². The van der Waals surface area contributed by atoms with E-state index in [1.54, 1.807) is 0 Å². The van der Waals surface area contributed by atoms with E-state index >= 15 is 0 Å². The first-order valence-electron chi connectivity index (χ1n) is 6.60. The third-order valence-corrected chi connectivity index (χ3v) is 3.26. The van der Waals surface area contributed by atoms with Gasteiger partial charge in [-0.25, -0.2) is 4.79 Å². The highest BCUT2D eigenvalue weighted by molar-refractivity contribution is 5.75. The third-order valence-electron chi connectivity index (χ3n) is 3.26. The van der Waals surface area contributed by atoms with Crippen LogP contribution in [0.5, 0.6) is 0 Å². The zero-order valence-corrected chi connectivity index (χ0v) is 10.7. The van der Waals surface area contributed by atoms with Gasteiger partial charge >= 0.3 is 5.69 Å². The first-order chi connectivity index (χ1) is 8.70. The van der Waals surface area contributed by atoms with Crippen LogP contribution in [-0.4, -0.2) is 15.1 Å². The van der Waals surface area contributed by atoms with Crippen molar-refractivity contribution in [3.8, 4) is 0 Å². The van der Waals surface area contributed by atoms with E-state index < -0.39 is 6.10 Å². The standard InChI is InChI=1S/C14H20N2O2/c1-2-3-4-5-6-13(17)10-7-8-11-12(9-10)16-14(18)15-11/h7-9,13,17H,2-6H2,1H3,(H2,15,16,18). The molecule has 98 valence electrons. The van der Waals surface area contributed by atoms with Gasteiger partial charge in [-0.3, -0.25) is 0 Å². The van der Waals surface area contributed by atoms with Crippen molar-refractivity contribution >= 4 is 11.0 Å². The van der Waals surface area contributed by atoms with E-state index in [-0.39, 0.29) is 5.69 Å². The van der Waals surface area contributed by atoms with Crippen molar-refractivity contribution < 1.29 is 5.11 Å². The molecule has 0 amide bonds. The number of H-pyrrole nitrogens is 2. The fourth-order valence-corrected chi connectivity index (χ4v) is 2.19. The summed E-state index contributed by atoms with van der Waals surface area (Å²) < 4.78 is 0. The summed E-state index contributed by atoms with van der Waals surface area (Å²) in [6, 6.07) is 5.55. The predicted octanol–water partition coefficient (Wildman–Crippen LogP) is 2.86. The molecule has 0 bridgehead atoms. The van der Waals surface area contributed by atoms with Gasteiger partial charge in [-0.15, -0.1) is 0 Å². The molecule has 4 nitrogen and oxygen atoms in total. The normalized spacial score (nSPS) is 13.0. The van der Waals surface area contributed by atoms with Crippen molar-refractivity contribution in [3.05, 3.63) is 34.2 Å². The molecule has 0 saturated heterocycles. The Hall–Kier alpha value is -1.55. The summed E-state index contributed by atoms with van der Waals surface area (Å²) in [6.45, 7) is 2.17. The Kier molecular flexibility index (Phi) is 4.20. The van der Waals surface area contributed by atoms with Crippen LogP contribution in [0.1, 0.15) is 50.7 Å². The third kappa shape index (κ3) is 3.01. The molecule has 2 rings (SSSR count). The van der Waals surface area contributed by atoms with E-state index in [1.165, 1.54) is 12.8 Å². The number of aliphatic hydroxyl groups is 1. The number of unbranched alkanes of at least 4 members (excludes halogenated alkanes) is 3. The summed E-state index contributed by atoms with van der Waals surface area (Å²) in [4.78, 5) is 16.5. The minimum Gasteiger partial charge on any atom is -0.388 e. The number of aromatic nitrogens is 2. The lowest BCUT2D eigenvalue weighted by atomic mass is 10.0. The number of imidazole rings is 1. The average molecular weight is 248 g/mol. The number of hydrogen-bond acceptors (Lipinski definition) is 2. The SMILES string of the molecule is CCCCCCC(O)c1ccc2[nH]c(=O)[nH]c2c1. The monoisotopic (exact) mass is 248 g/mol. The maximum absolute atomic E-state index is 11.1. The Morgan fingerprint density at radius 2 is 1.94 bits per heavy atom. The summed E-state index contributed by atoms with van der Waals surface area (Å²) in [5.74, 6) is 0. The topological polar surface area (TPSA) is 68.9 Å². The first kappa shape index (κ1) is 12.9. The number of aliphatic hydroxyl groups excluding tert-OH is 1. The van der Waals surface area contributed by atoms with Gasteiger partial charge in [0.25, 0.3) is 0 Å². The number of benzene rings is 1. The van der Waals surface area contributed by atoms with Crippen LogP contribution in [0.2, 0.25) is 0 Å². The van der Waals surface area contributed by atoms with Crippen molar-refractivity contribution in [2.45, 2.75) is 45.1 Å². The molecule has 0 aliphatic carbocycles. The molecule has 0 saturated carbocycles. The molecular formula is C14H20N2O2. The highest BCUT2D eigenvalue weighted by Gasteiger charge is 2.08. The highest BCUT2D eigenvalue weighted by Crippen LogP contribution is 2.22. The molecule has 1 heterocycles. The summed E-state index contributed by atoms with van der Waals surface area (Å²) in [5, 5.41) is 10.1. The molecule has 0 aliphatic heterocycles. The second kappa shape index (κ2) is 5.87. The molecule has 1 aromatic carbocycles. The molecule has 1 unspecified atom stereocenters. The fraction of sp³-hybridized carbons (Fsp3) is 0.500. The summed E-state index contributed by atoms with van der Waals surface area (Å²) in [6.07, 6.45) is 4.96. The van der Waals surface area contributed by atoms with Gasteiger partial charge in [-0.2, -0.15) is 0 Å². The Balaban J connectivity index is 2.03. The smallest absolute Gasteiger partial charge is 0.323 e. The summed E-state index contributed by atoms with van der Waals surface area (Å²) in [7, 11) is 0. The van der Waals surface area contributed by atoms with Gasteiger partial charge in [0.15, 0.2) is 0 Å². The van der Waals surface area contributed by atoms with Crippen LogP contribution in [0.15, 0.2) is 23.0 Å². The molecule has 0 aliphatic rings. The zero-order chi connectivity index (χ0) is 13.0. The Bertz CT molecular complexity index is 556. The number of nitrogens with one attached hydrogen (secondary N) is 2. The number of aromatic amines is 2. The zero-order valence-electron chi connectivity index (χ0n) is 10.7. The minimum atomic E-state index is -0.440. The average Bonchev–Trinajstić information content (AvgIpc) is 2.73. The quantitative estimate of drug-likeness (QED) is 0.688. The Labute approximate surface area is 106 Å². The maximum Gasteiger partial charge on any atom is 0.323 e. The first-order valence-corrected chi connectivity index (χ1v) is 6.60. The number of hydrogen-bond donors (Lipinski definition) is 3. The molecule has 1 aromatic heterocycles. The van der Waals surface area contributed by atoms with Gasteiger partial charge in [-0.1, -0.05) is 38.7 Å². The van der Waals surface area contributed by atoms with Crippen LogP contribution >= 0.6 is 0 Å². The van der Waals surface area contributed by atoms with Crippen molar-refractivity contribution in [1.29, 1.82) is 0 Å². The minimum absolute atomic E-state index is 0.209. The van der Waals surface area contributed by atoms with E-state index in [1.807, 2.05) is 18.2 Å². The van der Waals surface area contributed by atoms with E-state index in [9.17, 15) is 9.90 Å². The van der Waals surface area contributed by atoms with Crippen molar-refractivity contribution in [1.82, 2.24) is 9.97 Å². The van der Waals surface area contributed by atoms with Gasteiger partial charge in [0.2, 0.25) is 0 Å². The van der Waals surface area contributed by atoms with E-state index in [0.29, 0.717) is 0 Å².